The van der Waals surface area contributed by atoms with Crippen LogP contribution in [0.4, 0.5) is 4.39 Å². The average Bonchev–Trinajstić information content (AvgIpc) is 3.50. The van der Waals surface area contributed by atoms with Gasteiger partial charge >= 0.3 is 5.97 Å². The number of aromatic nitrogens is 4. The van der Waals surface area contributed by atoms with Gasteiger partial charge in [-0.25, -0.2) is 19.2 Å². The molecule has 4 aromatic rings. The number of carbonyl (C=O) groups excluding carboxylic acids is 1. The zero-order valence-corrected chi connectivity index (χ0v) is 19.4. The minimum absolute atomic E-state index is 0.147. The van der Waals surface area contributed by atoms with E-state index in [1.165, 1.54) is 13.2 Å². The van der Waals surface area contributed by atoms with E-state index in [0.717, 1.165) is 48.1 Å². The molecule has 0 spiro atoms. The molecule has 0 bridgehead atoms. The molecule has 0 aliphatic heterocycles. The van der Waals surface area contributed by atoms with E-state index in [0.29, 0.717) is 23.4 Å². The van der Waals surface area contributed by atoms with Crippen LogP contribution in [0.25, 0.3) is 33.6 Å². The molecule has 0 unspecified atom stereocenters. The molecule has 5 rings (SSSR count). The number of aryl methyl sites for hydroxylation is 1. The number of imidazole rings is 1. The van der Waals surface area contributed by atoms with Crippen molar-refractivity contribution in [2.75, 3.05) is 7.11 Å². The number of unbranched alkanes of at least 4 members (excludes halogenated alkanes) is 1. The Morgan fingerprint density at radius 1 is 1.32 bits per heavy atom. The molecule has 176 valence electrons. The van der Waals surface area contributed by atoms with Crippen LogP contribution in [-0.4, -0.2) is 32.2 Å². The molecule has 3 aromatic heterocycles. The van der Waals surface area contributed by atoms with Crippen LogP contribution in [0.1, 0.15) is 60.7 Å². The highest BCUT2D eigenvalue weighted by Gasteiger charge is 2.32. The maximum atomic E-state index is 15.3. The smallest absolute Gasteiger partial charge is 0.338 e. The van der Waals surface area contributed by atoms with Gasteiger partial charge in [0.05, 0.1) is 29.6 Å². The summed E-state index contributed by atoms with van der Waals surface area (Å²) in [6.45, 7) is 6.46. The number of methoxy groups -OCH3 is 1. The van der Waals surface area contributed by atoms with Crippen LogP contribution in [0.15, 0.2) is 43.0 Å². The van der Waals surface area contributed by atoms with E-state index >= 15 is 4.39 Å². The van der Waals surface area contributed by atoms with E-state index in [2.05, 4.69) is 17.2 Å². The number of nitrogens with zero attached hydrogens (tertiary/aromatic N) is 4. The summed E-state index contributed by atoms with van der Waals surface area (Å²) in [5.41, 5.74) is 9.62. The van der Waals surface area contributed by atoms with Crippen LogP contribution in [0, 0.1) is 5.82 Å². The van der Waals surface area contributed by atoms with Gasteiger partial charge in [-0.15, -0.1) is 6.58 Å². The summed E-state index contributed by atoms with van der Waals surface area (Å²) in [5, 5.41) is 0.975. The molecule has 8 heteroatoms. The SMILES string of the molecule is C=CCCCn1c(-c2nc3cc(C(=O)OC)cc(F)c3n2C2CC2)cc2ccc([C@@H](C)N)nc21. The number of esters is 1. The van der Waals surface area contributed by atoms with E-state index in [4.69, 9.17) is 20.4 Å². The van der Waals surface area contributed by atoms with Crippen molar-refractivity contribution in [3.05, 3.63) is 60.1 Å². The normalized spacial score (nSPS) is 14.6. The summed E-state index contributed by atoms with van der Waals surface area (Å²) >= 11 is 0. The number of halogens is 1. The van der Waals surface area contributed by atoms with E-state index in [1.54, 1.807) is 6.07 Å². The number of hydrogen-bond acceptors (Lipinski definition) is 5. The van der Waals surface area contributed by atoms with Crippen molar-refractivity contribution in [3.8, 4) is 11.5 Å². The first-order chi connectivity index (χ1) is 16.4. The summed E-state index contributed by atoms with van der Waals surface area (Å²) in [6.07, 6.45) is 5.56. The molecule has 0 radical (unpaired) electrons. The van der Waals surface area contributed by atoms with Gasteiger partial charge in [-0.05, 0) is 62.9 Å². The molecule has 1 aliphatic rings. The molecule has 1 aromatic carbocycles. The quantitative estimate of drug-likeness (QED) is 0.219. The first-order valence-electron chi connectivity index (χ1n) is 11.6. The molecule has 1 atom stereocenters. The monoisotopic (exact) mass is 461 g/mol. The minimum atomic E-state index is -0.588. The maximum Gasteiger partial charge on any atom is 0.338 e. The lowest BCUT2D eigenvalue weighted by Gasteiger charge is -2.13. The summed E-state index contributed by atoms with van der Waals surface area (Å²) < 4.78 is 24.2. The fourth-order valence-corrected chi connectivity index (χ4v) is 4.49. The standard InChI is InChI=1S/C26H28FN5O2/c1-4-5-6-11-31-22(14-16-7-10-20(15(2)28)29-24(16)31)25-30-21-13-17(26(33)34-3)12-19(27)23(21)32(25)18-8-9-18/h4,7,10,12-15,18H,1,5-6,8-9,11,28H2,2-3H3/t15-/m1/s1. The van der Waals surface area contributed by atoms with E-state index in [-0.39, 0.29) is 17.6 Å². The number of carbonyl (C=O) groups is 1. The van der Waals surface area contributed by atoms with Crippen molar-refractivity contribution in [1.82, 2.24) is 19.1 Å². The predicted molar refractivity (Wildman–Crippen MR) is 130 cm³/mol. The Labute approximate surface area is 197 Å². The number of nitrogens with two attached hydrogens (primary N) is 1. The molecule has 1 saturated carbocycles. The van der Waals surface area contributed by atoms with Gasteiger partial charge in [0.25, 0.3) is 0 Å². The largest absolute Gasteiger partial charge is 0.465 e. The Hall–Kier alpha value is -3.52. The lowest BCUT2D eigenvalue weighted by atomic mass is 10.2. The van der Waals surface area contributed by atoms with Gasteiger partial charge < -0.3 is 19.6 Å². The van der Waals surface area contributed by atoms with Crippen molar-refractivity contribution < 1.29 is 13.9 Å². The van der Waals surface area contributed by atoms with Crippen molar-refractivity contribution in [1.29, 1.82) is 0 Å². The highest BCUT2D eigenvalue weighted by Crippen LogP contribution is 2.43. The van der Waals surface area contributed by atoms with Gasteiger partial charge in [0.2, 0.25) is 0 Å². The Balaban J connectivity index is 1.75. The van der Waals surface area contributed by atoms with Crippen molar-refractivity contribution >= 4 is 28.0 Å². The number of pyridine rings is 1. The van der Waals surface area contributed by atoms with Gasteiger partial charge in [0.1, 0.15) is 17.0 Å². The zero-order valence-electron chi connectivity index (χ0n) is 19.4. The molecular formula is C26H28FN5O2. The summed E-state index contributed by atoms with van der Waals surface area (Å²) in [6, 6.07) is 8.83. The second-order valence-electron chi connectivity index (χ2n) is 8.90. The van der Waals surface area contributed by atoms with E-state index in [1.807, 2.05) is 29.7 Å². The van der Waals surface area contributed by atoms with Gasteiger partial charge in [0.15, 0.2) is 5.82 Å². The molecule has 2 N–H and O–H groups in total. The van der Waals surface area contributed by atoms with Crippen molar-refractivity contribution in [2.45, 2.75) is 51.2 Å². The minimum Gasteiger partial charge on any atom is -0.465 e. The second kappa shape index (κ2) is 8.68. The number of allylic oxidation sites excluding steroid dienone is 1. The lowest BCUT2D eigenvalue weighted by Crippen LogP contribution is -2.09. The van der Waals surface area contributed by atoms with Crippen molar-refractivity contribution in [2.24, 2.45) is 5.73 Å². The molecule has 0 amide bonds. The molecule has 1 fully saturated rings. The van der Waals surface area contributed by atoms with Crippen LogP contribution in [0.3, 0.4) is 0 Å². The third-order valence-electron chi connectivity index (χ3n) is 6.32. The Morgan fingerprint density at radius 2 is 2.12 bits per heavy atom. The number of fused-ring (bicyclic) bond motifs is 2. The van der Waals surface area contributed by atoms with Gasteiger partial charge in [-0.2, -0.15) is 0 Å². The van der Waals surface area contributed by atoms with Gasteiger partial charge in [-0.3, -0.25) is 0 Å². The fraction of sp³-hybridized carbons (Fsp3) is 0.346. The number of rotatable bonds is 8. The number of ether oxygens (including phenoxy) is 1. The van der Waals surface area contributed by atoms with E-state index in [9.17, 15) is 4.79 Å². The Morgan fingerprint density at radius 3 is 2.79 bits per heavy atom. The molecule has 34 heavy (non-hydrogen) atoms. The Bertz CT molecular complexity index is 1410. The molecule has 3 heterocycles. The molecule has 0 saturated heterocycles. The zero-order chi connectivity index (χ0) is 24.0. The molecular weight excluding hydrogens is 433 g/mol. The maximum absolute atomic E-state index is 15.3. The highest BCUT2D eigenvalue weighted by atomic mass is 19.1. The van der Waals surface area contributed by atoms with Crippen LogP contribution in [0.5, 0.6) is 0 Å². The lowest BCUT2D eigenvalue weighted by molar-refractivity contribution is 0.0600. The third-order valence-corrected chi connectivity index (χ3v) is 6.32. The van der Waals surface area contributed by atoms with Crippen LogP contribution < -0.4 is 5.73 Å². The first kappa shape index (κ1) is 22.3. The topological polar surface area (TPSA) is 88.0 Å². The van der Waals surface area contributed by atoms with Crippen LogP contribution in [0.2, 0.25) is 0 Å². The second-order valence-corrected chi connectivity index (χ2v) is 8.90. The fourth-order valence-electron chi connectivity index (χ4n) is 4.49. The van der Waals surface area contributed by atoms with Gasteiger partial charge in [0, 0.05) is 24.0 Å². The van der Waals surface area contributed by atoms with Crippen LogP contribution >= 0.6 is 0 Å². The Kier molecular flexibility index (Phi) is 5.69. The summed E-state index contributed by atoms with van der Waals surface area (Å²) in [5.74, 6) is -0.387. The first-order valence-corrected chi connectivity index (χ1v) is 11.6. The van der Waals surface area contributed by atoms with Crippen LogP contribution in [-0.2, 0) is 11.3 Å². The van der Waals surface area contributed by atoms with Gasteiger partial charge in [-0.1, -0.05) is 6.08 Å². The van der Waals surface area contributed by atoms with Crippen molar-refractivity contribution in [3.63, 3.8) is 0 Å². The summed E-state index contributed by atoms with van der Waals surface area (Å²) in [7, 11) is 1.28. The average molecular weight is 462 g/mol. The van der Waals surface area contributed by atoms with E-state index < -0.39 is 11.8 Å². The highest BCUT2D eigenvalue weighted by molar-refractivity contribution is 5.95. The number of hydrogen-bond donors (Lipinski definition) is 1. The summed E-state index contributed by atoms with van der Waals surface area (Å²) in [4.78, 5) is 21.8. The number of benzene rings is 1. The molecule has 7 nitrogen and oxygen atoms in total. The molecule has 1 aliphatic carbocycles. The predicted octanol–water partition coefficient (Wildman–Crippen LogP) is 5.30. The third kappa shape index (κ3) is 3.77.